The van der Waals surface area contributed by atoms with E-state index in [2.05, 4.69) is 22.4 Å². The molecule has 138 valence electrons. The first-order valence-corrected chi connectivity index (χ1v) is 9.44. The predicted molar refractivity (Wildman–Crippen MR) is 111 cm³/mol. The van der Waals surface area contributed by atoms with Crippen molar-refractivity contribution in [2.24, 2.45) is 0 Å². The van der Waals surface area contributed by atoms with Gasteiger partial charge in [-0.2, -0.15) is 0 Å². The van der Waals surface area contributed by atoms with Crippen molar-refractivity contribution in [2.75, 3.05) is 0 Å². The summed E-state index contributed by atoms with van der Waals surface area (Å²) in [4.78, 5) is 18.4. The summed E-state index contributed by atoms with van der Waals surface area (Å²) in [5.74, 6) is -0.626. The molecule has 4 nitrogen and oxygen atoms in total. The van der Waals surface area contributed by atoms with E-state index in [1.165, 1.54) is 23.5 Å². The van der Waals surface area contributed by atoms with Crippen LogP contribution in [0.1, 0.15) is 15.2 Å². The highest BCUT2D eigenvalue weighted by Crippen LogP contribution is 2.25. The van der Waals surface area contributed by atoms with Gasteiger partial charge in [-0.1, -0.05) is 30.8 Å². The van der Waals surface area contributed by atoms with Crippen LogP contribution in [0.3, 0.4) is 0 Å². The van der Waals surface area contributed by atoms with Gasteiger partial charge in [-0.05, 0) is 47.8 Å². The Kier molecular flexibility index (Phi) is 4.87. The van der Waals surface area contributed by atoms with Gasteiger partial charge < -0.3 is 0 Å². The molecule has 2 aromatic carbocycles. The molecule has 0 saturated carbocycles. The molecule has 2 N–H and O–H groups in total. The smallest absolute Gasteiger partial charge is 0.270 e. The van der Waals surface area contributed by atoms with Crippen molar-refractivity contribution in [1.29, 1.82) is 0 Å². The molecule has 28 heavy (non-hydrogen) atoms. The number of hydrogen-bond donors (Lipinski definition) is 2. The number of carbonyl (C=O) groups excluding carboxylic acids is 1. The zero-order chi connectivity index (χ0) is 19.5. The lowest BCUT2D eigenvalue weighted by Gasteiger charge is -2.13. The molecule has 1 amide bonds. The number of aromatic nitrogens is 1. The number of pyridine rings is 1. The normalized spacial score (nSPS) is 10.6. The lowest BCUT2D eigenvalue weighted by atomic mass is 10.0. The Morgan fingerprint density at radius 1 is 1.00 bits per heavy atom. The third kappa shape index (κ3) is 3.63. The quantitative estimate of drug-likeness (QED) is 0.472. The van der Waals surface area contributed by atoms with Crippen molar-refractivity contribution in [1.82, 2.24) is 15.8 Å². The number of benzene rings is 2. The van der Waals surface area contributed by atoms with E-state index in [1.807, 2.05) is 41.8 Å². The van der Waals surface area contributed by atoms with Gasteiger partial charge in [-0.3, -0.25) is 15.6 Å². The van der Waals surface area contributed by atoms with Gasteiger partial charge in [0, 0.05) is 10.9 Å². The van der Waals surface area contributed by atoms with Crippen LogP contribution in [0.25, 0.3) is 27.9 Å². The van der Waals surface area contributed by atoms with Crippen LogP contribution < -0.4 is 10.9 Å². The second kappa shape index (κ2) is 7.62. The van der Waals surface area contributed by atoms with E-state index in [-0.39, 0.29) is 11.7 Å². The summed E-state index contributed by atoms with van der Waals surface area (Å²) in [5, 5.41) is 2.67. The number of nitrogens with zero attached hydrogens (tertiary/aromatic N) is 1. The number of hydrogen-bond acceptors (Lipinski definition) is 4. The fourth-order valence-corrected chi connectivity index (χ4v) is 3.50. The van der Waals surface area contributed by atoms with Crippen molar-refractivity contribution in [3.05, 3.63) is 94.9 Å². The Morgan fingerprint density at radius 2 is 1.79 bits per heavy atom. The zero-order valence-corrected chi connectivity index (χ0v) is 15.6. The van der Waals surface area contributed by atoms with E-state index < -0.39 is 0 Å². The van der Waals surface area contributed by atoms with Gasteiger partial charge in [0.25, 0.3) is 5.91 Å². The second-order valence-electron chi connectivity index (χ2n) is 6.11. The molecule has 0 fully saturated rings. The third-order valence-electron chi connectivity index (χ3n) is 4.25. The molecule has 2 heterocycles. The van der Waals surface area contributed by atoms with Crippen LogP contribution in [-0.2, 0) is 0 Å². The van der Waals surface area contributed by atoms with Crippen LogP contribution in [0.15, 0.2) is 78.7 Å². The van der Waals surface area contributed by atoms with E-state index >= 15 is 0 Å². The highest BCUT2D eigenvalue weighted by molar-refractivity contribution is 7.11. The number of rotatable bonds is 5. The van der Waals surface area contributed by atoms with Crippen LogP contribution in [-0.4, -0.2) is 10.9 Å². The maximum atomic E-state index is 13.3. The Bertz CT molecular complexity index is 1150. The molecule has 4 rings (SSSR count). The molecule has 4 aromatic rings. The largest absolute Gasteiger partial charge is 0.298 e. The summed E-state index contributed by atoms with van der Waals surface area (Å²) >= 11 is 1.53. The highest BCUT2D eigenvalue weighted by Gasteiger charge is 2.14. The molecule has 0 saturated heterocycles. The predicted octanol–water partition coefficient (Wildman–Crippen LogP) is 5.01. The fraction of sp³-hybridized carbons (Fsp3) is 0. The van der Waals surface area contributed by atoms with Gasteiger partial charge in [-0.15, -0.1) is 11.3 Å². The first-order valence-electron chi connectivity index (χ1n) is 8.57. The van der Waals surface area contributed by atoms with Crippen molar-refractivity contribution in [3.63, 3.8) is 0 Å². The number of carbonyl (C=O) groups is 1. The third-order valence-corrected chi connectivity index (χ3v) is 5.18. The first kappa shape index (κ1) is 17.9. The molecular formula is C22H16FN3OS. The molecule has 0 aliphatic heterocycles. The summed E-state index contributed by atoms with van der Waals surface area (Å²) in [6.45, 7) is 3.94. The molecule has 2 aromatic heterocycles. The molecule has 0 aliphatic carbocycles. The van der Waals surface area contributed by atoms with Gasteiger partial charge in [0.05, 0.1) is 27.3 Å². The van der Waals surface area contributed by atoms with Crippen molar-refractivity contribution in [3.8, 4) is 11.3 Å². The van der Waals surface area contributed by atoms with Crippen molar-refractivity contribution >= 4 is 33.8 Å². The first-order chi connectivity index (χ1) is 13.6. The molecule has 0 spiro atoms. The number of amides is 1. The lowest BCUT2D eigenvalue weighted by Crippen LogP contribution is -2.35. The second-order valence-corrected chi connectivity index (χ2v) is 7.06. The van der Waals surface area contributed by atoms with Gasteiger partial charge in [-0.25, -0.2) is 9.37 Å². The molecule has 0 radical (unpaired) electrons. The Hall–Kier alpha value is -3.51. The molecule has 6 heteroatoms. The topological polar surface area (TPSA) is 54.0 Å². The van der Waals surface area contributed by atoms with Gasteiger partial charge in [0.2, 0.25) is 0 Å². The van der Waals surface area contributed by atoms with Crippen LogP contribution in [0.2, 0.25) is 0 Å². The van der Waals surface area contributed by atoms with E-state index in [4.69, 9.17) is 0 Å². The summed E-state index contributed by atoms with van der Waals surface area (Å²) in [7, 11) is 0. The number of fused-ring (bicyclic) bond motifs is 1. The van der Waals surface area contributed by atoms with E-state index in [0.29, 0.717) is 22.5 Å². The average molecular weight is 389 g/mol. The Balaban J connectivity index is 1.67. The van der Waals surface area contributed by atoms with E-state index in [9.17, 15) is 9.18 Å². The van der Waals surface area contributed by atoms with Crippen molar-refractivity contribution in [2.45, 2.75) is 0 Å². The Morgan fingerprint density at radius 3 is 2.54 bits per heavy atom. The SMILES string of the molecule is C=C(NNC(=O)c1cc(-c2ccc(F)cc2)nc2ccccc12)c1cccs1. The van der Waals surface area contributed by atoms with Crippen LogP contribution in [0.4, 0.5) is 4.39 Å². The summed E-state index contributed by atoms with van der Waals surface area (Å²) in [6.07, 6.45) is 0. The van der Waals surface area contributed by atoms with Crippen molar-refractivity contribution < 1.29 is 9.18 Å². The van der Waals surface area contributed by atoms with Gasteiger partial charge in [0.1, 0.15) is 5.82 Å². The summed E-state index contributed by atoms with van der Waals surface area (Å²) in [6, 6.07) is 19.0. The molecular weight excluding hydrogens is 373 g/mol. The van der Waals surface area contributed by atoms with E-state index in [1.54, 1.807) is 18.2 Å². The Labute approximate surface area is 165 Å². The molecule has 0 bridgehead atoms. The number of halogens is 1. The van der Waals surface area contributed by atoms with Gasteiger partial charge in [0.15, 0.2) is 0 Å². The molecule has 0 unspecified atom stereocenters. The number of nitrogens with one attached hydrogen (secondary N) is 2. The maximum absolute atomic E-state index is 13.3. The molecule has 0 aliphatic rings. The molecule has 0 atom stereocenters. The summed E-state index contributed by atoms with van der Waals surface area (Å²) in [5.41, 5.74) is 8.66. The monoisotopic (exact) mass is 389 g/mol. The lowest BCUT2D eigenvalue weighted by molar-refractivity contribution is 0.0944. The average Bonchev–Trinajstić information content (AvgIpc) is 3.26. The number of thiophene rings is 1. The number of hydrazine groups is 1. The zero-order valence-electron chi connectivity index (χ0n) is 14.8. The maximum Gasteiger partial charge on any atom is 0.270 e. The minimum Gasteiger partial charge on any atom is -0.298 e. The minimum absolute atomic E-state index is 0.306. The van der Waals surface area contributed by atoms with Gasteiger partial charge >= 0.3 is 0 Å². The fourth-order valence-electron chi connectivity index (χ4n) is 2.84. The highest BCUT2D eigenvalue weighted by atomic mass is 32.1. The van der Waals surface area contributed by atoms with Crippen LogP contribution >= 0.6 is 11.3 Å². The minimum atomic E-state index is -0.321. The number of para-hydroxylation sites is 1. The van der Waals surface area contributed by atoms with Crippen LogP contribution in [0.5, 0.6) is 0 Å². The standard InChI is InChI=1S/C22H16FN3OS/c1-14(21-7-4-12-28-21)25-26-22(27)18-13-20(15-8-10-16(23)11-9-15)24-19-6-3-2-5-17(18)19/h2-13,25H,1H2,(H,26,27). The summed E-state index contributed by atoms with van der Waals surface area (Å²) < 4.78 is 13.3. The van der Waals surface area contributed by atoms with Crippen LogP contribution in [0, 0.1) is 5.82 Å². The van der Waals surface area contributed by atoms with E-state index in [0.717, 1.165) is 15.8 Å².